The van der Waals surface area contributed by atoms with Crippen molar-refractivity contribution in [3.63, 3.8) is 0 Å². The van der Waals surface area contributed by atoms with Gasteiger partial charge in [-0.2, -0.15) is 0 Å². The summed E-state index contributed by atoms with van der Waals surface area (Å²) in [4.78, 5) is 18.7. The summed E-state index contributed by atoms with van der Waals surface area (Å²) >= 11 is 0. The Balaban J connectivity index is 1.90. The van der Waals surface area contributed by atoms with E-state index in [0.717, 1.165) is 30.9 Å². The molecule has 0 saturated carbocycles. The van der Waals surface area contributed by atoms with Crippen molar-refractivity contribution >= 4 is 5.91 Å². The number of amides is 1. The van der Waals surface area contributed by atoms with Gasteiger partial charge in [-0.15, -0.1) is 0 Å². The van der Waals surface area contributed by atoms with Gasteiger partial charge in [0, 0.05) is 37.2 Å². The van der Waals surface area contributed by atoms with Gasteiger partial charge in [0.2, 0.25) is 0 Å². The van der Waals surface area contributed by atoms with E-state index in [1.807, 2.05) is 46.1 Å². The van der Waals surface area contributed by atoms with Gasteiger partial charge >= 0.3 is 0 Å². The lowest BCUT2D eigenvalue weighted by Crippen LogP contribution is -2.57. The van der Waals surface area contributed by atoms with Crippen molar-refractivity contribution in [1.82, 2.24) is 19.8 Å². The summed E-state index contributed by atoms with van der Waals surface area (Å²) < 4.78 is 2.02. The Labute approximate surface area is 110 Å². The van der Waals surface area contributed by atoms with Crippen LogP contribution in [-0.4, -0.2) is 33.4 Å². The predicted molar refractivity (Wildman–Crippen MR) is 69.4 cm³/mol. The molecule has 4 rings (SSSR count). The van der Waals surface area contributed by atoms with Gasteiger partial charge in [-0.25, -0.2) is 0 Å². The molecule has 96 valence electrons. The molecule has 0 radical (unpaired) electrons. The molecule has 1 saturated heterocycles. The van der Waals surface area contributed by atoms with E-state index in [4.69, 9.17) is 0 Å². The number of nitrogens with one attached hydrogen (secondary N) is 1. The summed E-state index contributed by atoms with van der Waals surface area (Å²) in [5, 5.41) is 3.49. The second-order valence-electron chi connectivity index (χ2n) is 5.01. The Morgan fingerprint density at radius 1 is 1.32 bits per heavy atom. The zero-order valence-corrected chi connectivity index (χ0v) is 10.4. The van der Waals surface area contributed by atoms with Crippen LogP contribution in [0.3, 0.4) is 0 Å². The molecule has 0 spiro atoms. The van der Waals surface area contributed by atoms with Crippen molar-refractivity contribution in [1.29, 1.82) is 0 Å². The number of rotatable bonds is 1. The third kappa shape index (κ3) is 1.33. The summed E-state index contributed by atoms with van der Waals surface area (Å²) in [5.41, 5.74) is 1.36. The van der Waals surface area contributed by atoms with Crippen LogP contribution in [0.4, 0.5) is 0 Å². The molecule has 4 heterocycles. The van der Waals surface area contributed by atoms with Crippen LogP contribution in [0.2, 0.25) is 0 Å². The molecule has 19 heavy (non-hydrogen) atoms. The molecule has 2 aromatic rings. The molecule has 1 amide bonds. The average Bonchev–Trinajstić information content (AvgIpc) is 3.07. The molecule has 0 aliphatic carbocycles. The summed E-state index contributed by atoms with van der Waals surface area (Å²) in [6, 6.07) is 7.75. The van der Waals surface area contributed by atoms with E-state index in [0.29, 0.717) is 0 Å². The van der Waals surface area contributed by atoms with E-state index in [2.05, 4.69) is 10.3 Å². The maximum Gasteiger partial charge on any atom is 0.272 e. The molecular formula is C14H14N4O. The summed E-state index contributed by atoms with van der Waals surface area (Å²) in [6.07, 6.45) is 5.56. The average molecular weight is 254 g/mol. The molecule has 5 nitrogen and oxygen atoms in total. The first-order chi connectivity index (χ1) is 9.31. The van der Waals surface area contributed by atoms with E-state index >= 15 is 0 Å². The Morgan fingerprint density at radius 3 is 3.11 bits per heavy atom. The number of fused-ring (bicyclic) bond motifs is 2. The van der Waals surface area contributed by atoms with Crippen LogP contribution in [0.5, 0.6) is 0 Å². The standard InChI is InChI=1S/C14H14N4O/c19-13-12-4-2-7-17(12)10-14(16-6-8-18(13)14)11-3-1-5-15-9-11/h1-5,7,9,16H,6,8,10H2. The smallest absolute Gasteiger partial charge is 0.272 e. The summed E-state index contributed by atoms with van der Waals surface area (Å²) in [5.74, 6) is 0.0881. The molecule has 0 aromatic carbocycles. The second-order valence-corrected chi connectivity index (χ2v) is 5.01. The Bertz CT molecular complexity index is 636. The fraction of sp³-hybridized carbons (Fsp3) is 0.286. The van der Waals surface area contributed by atoms with E-state index < -0.39 is 5.66 Å². The number of carbonyl (C=O) groups excluding carboxylic acids is 1. The van der Waals surface area contributed by atoms with Crippen LogP contribution in [-0.2, 0) is 12.2 Å². The number of aromatic nitrogens is 2. The number of nitrogens with zero attached hydrogens (tertiary/aromatic N) is 3. The third-order valence-electron chi connectivity index (χ3n) is 4.05. The van der Waals surface area contributed by atoms with Gasteiger partial charge in [-0.1, -0.05) is 6.07 Å². The molecule has 1 unspecified atom stereocenters. The number of hydrogen-bond acceptors (Lipinski definition) is 3. The highest BCUT2D eigenvalue weighted by molar-refractivity contribution is 5.94. The van der Waals surface area contributed by atoms with Gasteiger partial charge < -0.3 is 9.47 Å². The largest absolute Gasteiger partial charge is 0.339 e. The highest BCUT2D eigenvalue weighted by atomic mass is 16.2. The molecule has 0 bridgehead atoms. The first kappa shape index (κ1) is 10.8. The number of hydrogen-bond donors (Lipinski definition) is 1. The normalized spacial score (nSPS) is 25.3. The molecule has 2 aliphatic heterocycles. The molecule has 5 heteroatoms. The van der Waals surface area contributed by atoms with Gasteiger partial charge in [-0.3, -0.25) is 15.1 Å². The molecule has 1 fully saturated rings. The van der Waals surface area contributed by atoms with Crippen molar-refractivity contribution in [2.75, 3.05) is 13.1 Å². The zero-order valence-electron chi connectivity index (χ0n) is 10.4. The fourth-order valence-corrected chi connectivity index (χ4v) is 3.16. The van der Waals surface area contributed by atoms with E-state index in [-0.39, 0.29) is 5.91 Å². The summed E-state index contributed by atoms with van der Waals surface area (Å²) in [7, 11) is 0. The minimum atomic E-state index is -0.447. The Kier molecular flexibility index (Phi) is 2.08. The van der Waals surface area contributed by atoms with Crippen LogP contribution in [0.15, 0.2) is 42.9 Å². The number of carbonyl (C=O) groups is 1. The van der Waals surface area contributed by atoms with E-state index in [9.17, 15) is 4.79 Å². The fourth-order valence-electron chi connectivity index (χ4n) is 3.16. The maximum absolute atomic E-state index is 12.6. The lowest BCUT2D eigenvalue weighted by atomic mass is 9.97. The quantitative estimate of drug-likeness (QED) is 0.818. The van der Waals surface area contributed by atoms with Crippen molar-refractivity contribution in [2.24, 2.45) is 0 Å². The van der Waals surface area contributed by atoms with Gasteiger partial charge in [0.05, 0.1) is 6.54 Å². The lowest BCUT2D eigenvalue weighted by Gasteiger charge is -2.42. The van der Waals surface area contributed by atoms with E-state index in [1.165, 1.54) is 0 Å². The van der Waals surface area contributed by atoms with Crippen molar-refractivity contribution in [2.45, 2.75) is 12.2 Å². The molecule has 1 atom stereocenters. The Morgan fingerprint density at radius 2 is 2.26 bits per heavy atom. The highest BCUT2D eigenvalue weighted by Crippen LogP contribution is 2.35. The van der Waals surface area contributed by atoms with Gasteiger partial charge in [-0.05, 0) is 18.2 Å². The van der Waals surface area contributed by atoms with E-state index in [1.54, 1.807) is 6.20 Å². The molecule has 1 N–H and O–H groups in total. The van der Waals surface area contributed by atoms with Crippen LogP contribution in [0.1, 0.15) is 16.1 Å². The predicted octanol–water partition coefficient (Wildman–Crippen LogP) is 0.795. The highest BCUT2D eigenvalue weighted by Gasteiger charge is 2.49. The van der Waals surface area contributed by atoms with Crippen LogP contribution in [0, 0.1) is 0 Å². The van der Waals surface area contributed by atoms with Crippen molar-refractivity contribution < 1.29 is 4.79 Å². The first-order valence-electron chi connectivity index (χ1n) is 6.44. The van der Waals surface area contributed by atoms with Crippen molar-refractivity contribution in [3.8, 4) is 0 Å². The van der Waals surface area contributed by atoms with Gasteiger partial charge in [0.25, 0.3) is 5.91 Å². The zero-order chi connectivity index (χ0) is 12.9. The Hall–Kier alpha value is -2.14. The molecular weight excluding hydrogens is 240 g/mol. The maximum atomic E-state index is 12.6. The lowest BCUT2D eigenvalue weighted by molar-refractivity contribution is 0.0397. The minimum Gasteiger partial charge on any atom is -0.339 e. The first-order valence-corrected chi connectivity index (χ1v) is 6.44. The van der Waals surface area contributed by atoms with Crippen molar-refractivity contribution in [3.05, 3.63) is 54.1 Å². The topological polar surface area (TPSA) is 50.2 Å². The van der Waals surface area contributed by atoms with Crippen LogP contribution in [0.25, 0.3) is 0 Å². The van der Waals surface area contributed by atoms with Gasteiger partial charge in [0.15, 0.2) is 0 Å². The van der Waals surface area contributed by atoms with Crippen LogP contribution < -0.4 is 5.32 Å². The number of pyridine rings is 1. The molecule has 2 aliphatic rings. The SMILES string of the molecule is O=C1c2cccn2CC2(c3cccnc3)NCCN12. The van der Waals surface area contributed by atoms with Gasteiger partial charge in [0.1, 0.15) is 11.4 Å². The third-order valence-corrected chi connectivity index (χ3v) is 4.05. The summed E-state index contributed by atoms with van der Waals surface area (Å²) in [6.45, 7) is 2.27. The second kappa shape index (κ2) is 3.68. The van der Waals surface area contributed by atoms with Crippen LogP contribution >= 0.6 is 0 Å². The molecule has 2 aromatic heterocycles. The monoisotopic (exact) mass is 254 g/mol. The minimum absolute atomic E-state index is 0.0881.